The Hall–Kier alpha value is -1.99. The van der Waals surface area contributed by atoms with Crippen LogP contribution in [-0.4, -0.2) is 51.5 Å². The molecule has 0 N–H and O–H groups in total. The minimum absolute atomic E-state index is 0.376. The highest BCUT2D eigenvalue weighted by molar-refractivity contribution is 5.25. The molecule has 0 saturated heterocycles. The van der Waals surface area contributed by atoms with Crippen molar-refractivity contribution < 1.29 is 9.47 Å². The molecule has 1 unspecified atom stereocenters. The molecule has 2 aromatic heterocycles. The molecule has 0 radical (unpaired) electrons. The first kappa shape index (κ1) is 15.9. The van der Waals surface area contributed by atoms with Gasteiger partial charge in [-0.05, 0) is 13.0 Å². The van der Waals surface area contributed by atoms with E-state index in [4.69, 9.17) is 9.47 Å². The third-order valence-electron chi connectivity index (χ3n) is 4.31. The third kappa shape index (κ3) is 3.35. The van der Waals surface area contributed by atoms with Crippen molar-refractivity contribution in [2.75, 3.05) is 20.8 Å². The predicted octanol–water partition coefficient (Wildman–Crippen LogP) is 1.27. The van der Waals surface area contributed by atoms with Crippen molar-refractivity contribution in [2.24, 2.45) is 0 Å². The van der Waals surface area contributed by atoms with Gasteiger partial charge in [0.15, 0.2) is 5.82 Å². The van der Waals surface area contributed by atoms with Crippen LogP contribution in [0.15, 0.2) is 18.3 Å². The third-order valence-corrected chi connectivity index (χ3v) is 4.31. The van der Waals surface area contributed by atoms with Crippen LogP contribution in [0.2, 0.25) is 0 Å². The molecule has 3 rings (SSSR count). The van der Waals surface area contributed by atoms with Crippen LogP contribution in [0.4, 0.5) is 0 Å². The smallest absolute Gasteiger partial charge is 0.217 e. The molecule has 0 saturated carbocycles. The number of rotatable bonds is 5. The summed E-state index contributed by atoms with van der Waals surface area (Å²) in [5.41, 5.74) is 1.11. The molecule has 0 fully saturated rings. The highest BCUT2D eigenvalue weighted by atomic mass is 16.5. The Morgan fingerprint density at radius 1 is 1.26 bits per heavy atom. The first-order valence-corrected chi connectivity index (χ1v) is 7.84. The van der Waals surface area contributed by atoms with Gasteiger partial charge in [0.25, 0.3) is 0 Å². The lowest BCUT2D eigenvalue weighted by Crippen LogP contribution is -2.34. The number of pyridine rings is 1. The molecule has 0 amide bonds. The maximum absolute atomic E-state index is 5.37. The monoisotopic (exact) mass is 317 g/mol. The van der Waals surface area contributed by atoms with E-state index < -0.39 is 0 Å². The SMILES string of the molecule is COCc1nnc2n1CCN(Cc1cccnc1OC)C(C)C2. The average molecular weight is 317 g/mol. The zero-order valence-electron chi connectivity index (χ0n) is 13.9. The molecule has 2 aromatic rings. The Labute approximate surface area is 136 Å². The van der Waals surface area contributed by atoms with Crippen molar-refractivity contribution in [3.8, 4) is 5.88 Å². The zero-order chi connectivity index (χ0) is 16.2. The van der Waals surface area contributed by atoms with Crippen LogP contribution in [0.5, 0.6) is 5.88 Å². The van der Waals surface area contributed by atoms with Crippen LogP contribution in [0.25, 0.3) is 0 Å². The second-order valence-electron chi connectivity index (χ2n) is 5.81. The lowest BCUT2D eigenvalue weighted by molar-refractivity contribution is 0.170. The Morgan fingerprint density at radius 3 is 2.91 bits per heavy atom. The predicted molar refractivity (Wildman–Crippen MR) is 85.1 cm³/mol. The van der Waals surface area contributed by atoms with Gasteiger partial charge in [-0.2, -0.15) is 0 Å². The normalized spacial score (nSPS) is 18.5. The largest absolute Gasteiger partial charge is 0.481 e. The summed E-state index contributed by atoms with van der Waals surface area (Å²) < 4.78 is 12.8. The van der Waals surface area contributed by atoms with Crippen LogP contribution >= 0.6 is 0 Å². The summed E-state index contributed by atoms with van der Waals surface area (Å²) in [4.78, 5) is 6.72. The summed E-state index contributed by atoms with van der Waals surface area (Å²) in [6, 6.07) is 4.40. The van der Waals surface area contributed by atoms with Crippen LogP contribution in [0.1, 0.15) is 24.1 Å². The van der Waals surface area contributed by atoms with Gasteiger partial charge in [-0.25, -0.2) is 4.98 Å². The Bertz CT molecular complexity index is 658. The summed E-state index contributed by atoms with van der Waals surface area (Å²) >= 11 is 0. The standard InChI is InChI=1S/C16H23N5O2/c1-12-9-14-18-19-15(11-22-2)21(14)8-7-20(12)10-13-5-4-6-17-16(13)23-3/h4-6,12H,7-11H2,1-3H3. The Balaban J connectivity index is 1.76. The van der Waals surface area contributed by atoms with Gasteiger partial charge in [0.1, 0.15) is 12.4 Å². The van der Waals surface area contributed by atoms with E-state index in [0.29, 0.717) is 18.5 Å². The van der Waals surface area contributed by atoms with Crippen molar-refractivity contribution in [1.29, 1.82) is 0 Å². The van der Waals surface area contributed by atoms with Crippen molar-refractivity contribution >= 4 is 0 Å². The fraction of sp³-hybridized carbons (Fsp3) is 0.562. The fourth-order valence-electron chi connectivity index (χ4n) is 3.04. The van der Waals surface area contributed by atoms with E-state index >= 15 is 0 Å². The van der Waals surface area contributed by atoms with Crippen molar-refractivity contribution in [1.82, 2.24) is 24.6 Å². The second-order valence-corrected chi connectivity index (χ2v) is 5.81. The van der Waals surface area contributed by atoms with Gasteiger partial charge in [-0.1, -0.05) is 6.07 Å². The number of aromatic nitrogens is 4. The zero-order valence-corrected chi connectivity index (χ0v) is 13.9. The van der Waals surface area contributed by atoms with Crippen LogP contribution in [-0.2, 0) is 30.9 Å². The van der Waals surface area contributed by atoms with E-state index in [1.54, 1.807) is 20.4 Å². The summed E-state index contributed by atoms with van der Waals surface area (Å²) in [7, 11) is 3.35. The topological polar surface area (TPSA) is 65.3 Å². The highest BCUT2D eigenvalue weighted by Crippen LogP contribution is 2.21. The van der Waals surface area contributed by atoms with Crippen molar-refractivity contribution in [3.05, 3.63) is 35.5 Å². The fourth-order valence-corrected chi connectivity index (χ4v) is 3.04. The number of methoxy groups -OCH3 is 2. The van der Waals surface area contributed by atoms with Gasteiger partial charge in [0.2, 0.25) is 5.88 Å². The average Bonchev–Trinajstić information content (AvgIpc) is 2.86. The van der Waals surface area contributed by atoms with E-state index in [1.165, 1.54) is 0 Å². The molecule has 0 aromatic carbocycles. The van der Waals surface area contributed by atoms with Gasteiger partial charge >= 0.3 is 0 Å². The number of hydrogen-bond acceptors (Lipinski definition) is 6. The number of nitrogens with zero attached hydrogens (tertiary/aromatic N) is 5. The van der Waals surface area contributed by atoms with Crippen LogP contribution in [0, 0.1) is 0 Å². The number of fused-ring (bicyclic) bond motifs is 1. The van der Waals surface area contributed by atoms with Crippen LogP contribution in [0.3, 0.4) is 0 Å². The quantitative estimate of drug-likeness (QED) is 0.827. The summed E-state index contributed by atoms with van der Waals surface area (Å²) in [5, 5.41) is 8.57. The van der Waals surface area contributed by atoms with E-state index in [-0.39, 0.29) is 0 Å². The summed E-state index contributed by atoms with van der Waals surface area (Å²) in [6.07, 6.45) is 2.63. The van der Waals surface area contributed by atoms with Gasteiger partial charge in [-0.3, -0.25) is 4.90 Å². The lowest BCUT2D eigenvalue weighted by atomic mass is 10.1. The first-order chi connectivity index (χ1) is 11.2. The van der Waals surface area contributed by atoms with Gasteiger partial charge < -0.3 is 14.0 Å². The van der Waals surface area contributed by atoms with E-state index in [0.717, 1.165) is 43.3 Å². The molecular weight excluding hydrogens is 294 g/mol. The number of ether oxygens (including phenoxy) is 2. The Morgan fingerprint density at radius 2 is 2.13 bits per heavy atom. The maximum Gasteiger partial charge on any atom is 0.217 e. The number of hydrogen-bond donors (Lipinski definition) is 0. The lowest BCUT2D eigenvalue weighted by Gasteiger charge is -2.26. The molecule has 7 heteroatoms. The molecule has 0 spiro atoms. The second kappa shape index (κ2) is 7.06. The molecule has 1 aliphatic rings. The maximum atomic E-state index is 5.37. The van der Waals surface area contributed by atoms with Gasteiger partial charge in [0, 0.05) is 51.0 Å². The molecule has 7 nitrogen and oxygen atoms in total. The molecule has 0 aliphatic carbocycles. The molecule has 0 bridgehead atoms. The van der Waals surface area contributed by atoms with Crippen LogP contribution < -0.4 is 4.74 Å². The van der Waals surface area contributed by atoms with E-state index in [1.807, 2.05) is 6.07 Å². The molecular formula is C16H23N5O2. The summed E-state index contributed by atoms with van der Waals surface area (Å²) in [5.74, 6) is 2.63. The van der Waals surface area contributed by atoms with Crippen molar-refractivity contribution in [3.63, 3.8) is 0 Å². The van der Waals surface area contributed by atoms with Gasteiger partial charge in [0.05, 0.1) is 7.11 Å². The molecule has 1 aliphatic heterocycles. The molecule has 23 heavy (non-hydrogen) atoms. The Kier molecular flexibility index (Phi) is 4.88. The first-order valence-electron chi connectivity index (χ1n) is 7.84. The summed E-state index contributed by atoms with van der Waals surface area (Å²) in [6.45, 7) is 5.34. The molecule has 1 atom stereocenters. The van der Waals surface area contributed by atoms with Gasteiger partial charge in [-0.15, -0.1) is 10.2 Å². The minimum atomic E-state index is 0.376. The highest BCUT2D eigenvalue weighted by Gasteiger charge is 2.24. The van der Waals surface area contributed by atoms with E-state index in [2.05, 4.69) is 37.6 Å². The van der Waals surface area contributed by atoms with E-state index in [9.17, 15) is 0 Å². The minimum Gasteiger partial charge on any atom is -0.481 e. The molecule has 3 heterocycles. The van der Waals surface area contributed by atoms with Crippen molar-refractivity contribution in [2.45, 2.75) is 39.1 Å². The molecule has 124 valence electrons.